The Labute approximate surface area is 336 Å². The van der Waals surface area contributed by atoms with Crippen molar-refractivity contribution in [1.29, 1.82) is 0 Å². The Morgan fingerprint density at radius 1 is 0.821 bits per heavy atom. The lowest BCUT2D eigenvalue weighted by Gasteiger charge is -2.56. The number of para-hydroxylation sites is 1. The minimum atomic E-state index is -4.81. The summed E-state index contributed by atoms with van der Waals surface area (Å²) in [6, 6.07) is 41.9. The van der Waals surface area contributed by atoms with E-state index in [1.54, 1.807) is 26.8 Å². The van der Waals surface area contributed by atoms with Gasteiger partial charge in [0, 0.05) is 35.1 Å². The lowest BCUT2D eigenvalue weighted by molar-refractivity contribution is -0.387. The maximum absolute atomic E-state index is 14.5. The van der Waals surface area contributed by atoms with Crippen molar-refractivity contribution in [3.05, 3.63) is 189 Å². The number of benzene rings is 5. The maximum Gasteiger partial charge on any atom is 0.424 e. The van der Waals surface area contributed by atoms with Gasteiger partial charge in [0.2, 0.25) is 0 Å². The first-order valence-electron chi connectivity index (χ1n) is 18.2. The van der Waals surface area contributed by atoms with Crippen LogP contribution in [0.5, 0.6) is 0 Å². The molecule has 3 atom stereocenters. The van der Waals surface area contributed by atoms with Crippen molar-refractivity contribution in [2.75, 3.05) is 19.7 Å². The molecule has 1 heterocycles. The van der Waals surface area contributed by atoms with E-state index in [9.17, 15) is 23.3 Å². The molecule has 1 fully saturated rings. The molecule has 1 aliphatic heterocycles. The van der Waals surface area contributed by atoms with Gasteiger partial charge in [0.25, 0.3) is 15.7 Å². The van der Waals surface area contributed by atoms with E-state index in [2.05, 4.69) is 27.4 Å². The second-order valence-electron chi connectivity index (χ2n) is 14.5. The number of likely N-dealkylation sites (tertiary alicyclic amines) is 1. The number of nitro groups is 1. The molecular weight excluding hydrogens is 794 g/mol. The van der Waals surface area contributed by atoms with E-state index in [1.807, 2.05) is 115 Å². The van der Waals surface area contributed by atoms with Gasteiger partial charge < -0.3 is 9.47 Å². The zero-order valence-corrected chi connectivity index (χ0v) is 33.8. The summed E-state index contributed by atoms with van der Waals surface area (Å²) in [5.74, 6) is -0.367. The Balaban J connectivity index is 1.46. The molecule has 0 radical (unpaired) electrons. The lowest BCUT2D eigenvalue weighted by Crippen LogP contribution is -2.68. The number of hydrogen-bond donors (Lipinski definition) is 0. The molecule has 56 heavy (non-hydrogen) atoms. The fourth-order valence-corrected chi connectivity index (χ4v) is 9.20. The highest BCUT2D eigenvalue weighted by molar-refractivity contribution is 9.10. The summed E-state index contributed by atoms with van der Waals surface area (Å²) >= 11 is 3.54. The van der Waals surface area contributed by atoms with Gasteiger partial charge in [-0.25, -0.2) is 13.2 Å². The summed E-state index contributed by atoms with van der Waals surface area (Å²) in [5.41, 5.74) is 0.931. The van der Waals surface area contributed by atoms with E-state index in [0.717, 1.165) is 38.9 Å². The van der Waals surface area contributed by atoms with Crippen molar-refractivity contribution < 1.29 is 27.6 Å². The fraction of sp³-hybridized carbons (Fsp3) is 0.250. The van der Waals surface area contributed by atoms with E-state index >= 15 is 0 Å². The van der Waals surface area contributed by atoms with Crippen LogP contribution in [0.3, 0.4) is 0 Å². The van der Waals surface area contributed by atoms with Crippen LogP contribution in [0.15, 0.2) is 162 Å². The number of carbonyl (C=O) groups is 1. The summed E-state index contributed by atoms with van der Waals surface area (Å²) in [6.07, 6.45) is 0.588. The van der Waals surface area contributed by atoms with Crippen LogP contribution in [0.1, 0.15) is 48.9 Å². The number of sulfonamides is 1. The van der Waals surface area contributed by atoms with Gasteiger partial charge in [-0.05, 0) is 61.2 Å². The number of rotatable bonds is 14. The van der Waals surface area contributed by atoms with Gasteiger partial charge in [0.15, 0.2) is 4.90 Å². The van der Waals surface area contributed by atoms with Crippen LogP contribution in [-0.2, 0) is 25.1 Å². The number of ether oxygens (including phenoxy) is 2. The number of amides is 1. The van der Waals surface area contributed by atoms with Gasteiger partial charge in [-0.15, -0.1) is 6.58 Å². The van der Waals surface area contributed by atoms with Gasteiger partial charge in [0.05, 0.1) is 18.1 Å². The number of halogens is 1. The van der Waals surface area contributed by atoms with Gasteiger partial charge in [-0.1, -0.05) is 137 Å². The Kier molecular flexibility index (Phi) is 12.2. The predicted octanol–water partition coefficient (Wildman–Crippen LogP) is 9.31. The fourth-order valence-electron chi connectivity index (χ4n) is 7.46. The first kappa shape index (κ1) is 40.5. The van der Waals surface area contributed by atoms with Crippen LogP contribution in [-0.4, -0.2) is 66.0 Å². The number of nitrogens with zero attached hydrogens (tertiary/aromatic N) is 3. The molecule has 0 spiro atoms. The summed E-state index contributed by atoms with van der Waals surface area (Å²) < 4.78 is 43.4. The Morgan fingerprint density at radius 3 is 1.80 bits per heavy atom. The van der Waals surface area contributed by atoms with E-state index in [4.69, 9.17) is 9.47 Å². The molecule has 290 valence electrons. The SMILES string of the molecule is C=CCN1[C@H](COC(c2ccccc2)(c2ccccc2)c2ccccc2)[C@@H](c2ccc(Br)cc2)[C@H]1CN(C(=O)OC(C)(C)C)S(=O)(=O)c1ccccc1[N+](=O)[O-]. The van der Waals surface area contributed by atoms with Crippen LogP contribution in [0.4, 0.5) is 10.5 Å². The zero-order chi connectivity index (χ0) is 40.1. The smallest absolute Gasteiger partial charge is 0.424 e. The quantitative estimate of drug-likeness (QED) is 0.0470. The number of hydrogen-bond acceptors (Lipinski definition) is 8. The van der Waals surface area contributed by atoms with Crippen LogP contribution in [0.2, 0.25) is 0 Å². The van der Waals surface area contributed by atoms with Crippen LogP contribution < -0.4 is 0 Å². The highest BCUT2D eigenvalue weighted by atomic mass is 79.9. The average molecular weight is 839 g/mol. The minimum Gasteiger partial charge on any atom is -0.443 e. The summed E-state index contributed by atoms with van der Waals surface area (Å²) in [6.45, 7) is 9.05. The molecule has 6 rings (SSSR count). The Bertz CT molecular complexity index is 2150. The molecular formula is C44H44BrN3O7S. The first-order valence-corrected chi connectivity index (χ1v) is 20.4. The van der Waals surface area contributed by atoms with Crippen molar-refractivity contribution in [3.8, 4) is 0 Å². The van der Waals surface area contributed by atoms with Crippen LogP contribution >= 0.6 is 15.9 Å². The molecule has 10 nitrogen and oxygen atoms in total. The predicted molar refractivity (Wildman–Crippen MR) is 220 cm³/mol. The number of nitro benzene ring substituents is 1. The van der Waals surface area contributed by atoms with E-state index in [1.165, 1.54) is 12.1 Å². The summed E-state index contributed by atoms with van der Waals surface area (Å²) in [7, 11) is -4.81. The maximum atomic E-state index is 14.5. The third kappa shape index (κ3) is 8.34. The van der Waals surface area contributed by atoms with Crippen LogP contribution in [0, 0.1) is 10.1 Å². The first-order chi connectivity index (χ1) is 26.8. The van der Waals surface area contributed by atoms with Crippen molar-refractivity contribution in [1.82, 2.24) is 9.21 Å². The van der Waals surface area contributed by atoms with E-state index in [-0.39, 0.29) is 25.1 Å². The van der Waals surface area contributed by atoms with Crippen molar-refractivity contribution >= 4 is 37.7 Å². The van der Waals surface area contributed by atoms with Gasteiger partial charge in [0.1, 0.15) is 11.2 Å². The molecule has 1 aliphatic rings. The van der Waals surface area contributed by atoms with Crippen molar-refractivity contribution in [2.24, 2.45) is 0 Å². The second kappa shape index (κ2) is 16.9. The molecule has 1 amide bonds. The standard InChI is InChI=1S/C44H44BrN3O7S/c1-5-29-46-38(30-47(42(49)55-43(2,3)4)56(52,53)40-24-16-15-23-37(40)48(50)51)41(32-25-27-36(45)28-26-32)39(46)31-54-44(33-17-9-6-10-18-33,34-19-11-7-12-20-34)35-21-13-8-14-22-35/h5-28,38-39,41H,1,29-31H2,2-4H3/t38-,39-,41+/m1/s1. The average Bonchev–Trinajstić information content (AvgIpc) is 3.18. The molecule has 12 heteroatoms. The molecule has 0 bridgehead atoms. The van der Waals surface area contributed by atoms with Gasteiger partial charge >= 0.3 is 6.09 Å². The molecule has 5 aromatic carbocycles. The molecule has 0 aromatic heterocycles. The Morgan fingerprint density at radius 2 is 1.32 bits per heavy atom. The Hall–Kier alpha value is -5.14. The largest absolute Gasteiger partial charge is 0.443 e. The molecule has 1 saturated heterocycles. The summed E-state index contributed by atoms with van der Waals surface area (Å²) in [5, 5.41) is 12.1. The minimum absolute atomic E-state index is 0.188. The van der Waals surface area contributed by atoms with E-state index in [0.29, 0.717) is 10.8 Å². The lowest BCUT2D eigenvalue weighted by atomic mass is 9.74. The monoisotopic (exact) mass is 837 g/mol. The summed E-state index contributed by atoms with van der Waals surface area (Å²) in [4.78, 5) is 26.7. The number of carbonyl (C=O) groups excluding carboxylic acids is 1. The molecule has 0 unspecified atom stereocenters. The highest BCUT2D eigenvalue weighted by Gasteiger charge is 2.53. The third-order valence-corrected chi connectivity index (χ3v) is 12.2. The normalized spacial score (nSPS) is 17.4. The molecule has 0 aliphatic carbocycles. The van der Waals surface area contributed by atoms with Gasteiger partial charge in [-0.2, -0.15) is 4.31 Å². The highest BCUT2D eigenvalue weighted by Crippen LogP contribution is 2.46. The van der Waals surface area contributed by atoms with E-state index < -0.39 is 48.9 Å². The van der Waals surface area contributed by atoms with Crippen LogP contribution in [0.25, 0.3) is 0 Å². The third-order valence-electron chi connectivity index (χ3n) is 9.87. The van der Waals surface area contributed by atoms with Crippen molar-refractivity contribution in [2.45, 2.75) is 54.9 Å². The van der Waals surface area contributed by atoms with Crippen molar-refractivity contribution in [3.63, 3.8) is 0 Å². The molecule has 0 saturated carbocycles. The molecule has 0 N–H and O–H groups in total. The molecule has 5 aromatic rings. The second-order valence-corrected chi connectivity index (χ2v) is 17.3. The van der Waals surface area contributed by atoms with Gasteiger partial charge in [-0.3, -0.25) is 15.0 Å². The zero-order valence-electron chi connectivity index (χ0n) is 31.4. The topological polar surface area (TPSA) is 119 Å².